The van der Waals surface area contributed by atoms with Crippen molar-refractivity contribution < 1.29 is 18.7 Å². The van der Waals surface area contributed by atoms with Crippen LogP contribution in [0.2, 0.25) is 0 Å². The molecule has 168 valence electrons. The number of nitrogens with zero attached hydrogens (tertiary/aromatic N) is 2. The molecule has 2 heterocycles. The second-order valence-corrected chi connectivity index (χ2v) is 9.31. The molecular weight excluding hydrogens is 434 g/mol. The molecule has 0 radical (unpaired) electrons. The van der Waals surface area contributed by atoms with E-state index in [4.69, 9.17) is 5.73 Å². The molecule has 3 aromatic rings. The highest BCUT2D eigenvalue weighted by atomic mass is 32.1. The first-order chi connectivity index (χ1) is 15.2. The SMILES string of the molecule is C[C@H]1C[C@@H](c2ccncc2NC(=O)c2csc(-c3c(F)cccc3F)n2)C[C@@H](N)[C@]1(C)O. The van der Waals surface area contributed by atoms with Gasteiger partial charge >= 0.3 is 0 Å². The number of carbonyl (C=O) groups is 1. The molecular formula is C23H24F2N4O2S. The highest BCUT2D eigenvalue weighted by Crippen LogP contribution is 2.42. The van der Waals surface area contributed by atoms with Gasteiger partial charge in [0, 0.05) is 17.6 Å². The van der Waals surface area contributed by atoms with Crippen LogP contribution in [0.5, 0.6) is 0 Å². The fourth-order valence-corrected chi connectivity index (χ4v) is 5.02. The molecule has 1 aliphatic carbocycles. The van der Waals surface area contributed by atoms with Gasteiger partial charge in [-0.2, -0.15) is 0 Å². The summed E-state index contributed by atoms with van der Waals surface area (Å²) in [4.78, 5) is 21.1. The Morgan fingerprint density at radius 3 is 2.69 bits per heavy atom. The lowest BCUT2D eigenvalue weighted by molar-refractivity contribution is -0.0463. The molecule has 0 bridgehead atoms. The zero-order valence-electron chi connectivity index (χ0n) is 17.7. The summed E-state index contributed by atoms with van der Waals surface area (Å²) in [5.74, 6) is -1.96. The Morgan fingerprint density at radius 2 is 2.00 bits per heavy atom. The summed E-state index contributed by atoms with van der Waals surface area (Å²) in [5, 5.41) is 15.0. The Hall–Kier alpha value is -2.75. The Kier molecular flexibility index (Phi) is 6.07. The van der Waals surface area contributed by atoms with E-state index in [0.29, 0.717) is 18.5 Å². The lowest BCUT2D eigenvalue weighted by atomic mass is 9.68. The molecule has 0 saturated heterocycles. The first-order valence-corrected chi connectivity index (χ1v) is 11.2. The van der Waals surface area contributed by atoms with Gasteiger partial charge in [0.1, 0.15) is 22.3 Å². The van der Waals surface area contributed by atoms with E-state index in [9.17, 15) is 18.7 Å². The van der Waals surface area contributed by atoms with E-state index < -0.39 is 29.2 Å². The van der Waals surface area contributed by atoms with Crippen molar-refractivity contribution in [1.29, 1.82) is 0 Å². The molecule has 9 heteroatoms. The van der Waals surface area contributed by atoms with Crippen molar-refractivity contribution in [2.75, 3.05) is 5.32 Å². The van der Waals surface area contributed by atoms with Crippen LogP contribution in [0.1, 0.15) is 48.7 Å². The molecule has 1 fully saturated rings. The van der Waals surface area contributed by atoms with Gasteiger partial charge in [0.2, 0.25) is 0 Å². The van der Waals surface area contributed by atoms with Gasteiger partial charge in [-0.1, -0.05) is 13.0 Å². The van der Waals surface area contributed by atoms with E-state index in [0.717, 1.165) is 29.0 Å². The molecule has 0 unspecified atom stereocenters. The van der Waals surface area contributed by atoms with Crippen molar-refractivity contribution in [3.63, 3.8) is 0 Å². The zero-order chi connectivity index (χ0) is 23.0. The van der Waals surface area contributed by atoms with Crippen molar-refractivity contribution in [2.45, 2.75) is 44.2 Å². The number of benzene rings is 1. The van der Waals surface area contributed by atoms with Crippen LogP contribution in [0.25, 0.3) is 10.6 Å². The highest BCUT2D eigenvalue weighted by Gasteiger charge is 2.42. The standard InChI is InChI=1S/C23H24F2N4O2S/c1-12-8-13(9-19(26)23(12,2)31)14-6-7-27-10-17(14)28-21(30)18-11-32-22(29-18)20-15(24)4-3-5-16(20)25/h3-7,10-13,19,31H,8-9,26H2,1-2H3,(H,28,30)/t12-,13+,19+,23+/m0/s1. The first kappa shape index (κ1) is 22.4. The van der Waals surface area contributed by atoms with Gasteiger partial charge < -0.3 is 16.2 Å². The van der Waals surface area contributed by atoms with Gasteiger partial charge in [-0.3, -0.25) is 9.78 Å². The van der Waals surface area contributed by atoms with Gasteiger partial charge in [0.15, 0.2) is 0 Å². The number of nitrogens with one attached hydrogen (secondary N) is 1. The van der Waals surface area contributed by atoms with Crippen molar-refractivity contribution in [1.82, 2.24) is 9.97 Å². The van der Waals surface area contributed by atoms with E-state index in [2.05, 4.69) is 15.3 Å². The Labute approximate surface area is 188 Å². The van der Waals surface area contributed by atoms with E-state index in [1.54, 1.807) is 19.3 Å². The van der Waals surface area contributed by atoms with Crippen molar-refractivity contribution >= 4 is 22.9 Å². The van der Waals surface area contributed by atoms with Gasteiger partial charge in [-0.15, -0.1) is 11.3 Å². The number of thiazole rings is 1. The third-order valence-corrected chi connectivity index (χ3v) is 7.24. The maximum absolute atomic E-state index is 14.1. The average molecular weight is 459 g/mol. The summed E-state index contributed by atoms with van der Waals surface area (Å²) in [5.41, 5.74) is 6.48. The molecule has 4 atom stereocenters. The van der Waals surface area contributed by atoms with Gasteiger partial charge in [-0.25, -0.2) is 13.8 Å². The molecule has 1 aliphatic rings. The summed E-state index contributed by atoms with van der Waals surface area (Å²) in [6.45, 7) is 3.72. The smallest absolute Gasteiger partial charge is 0.275 e. The largest absolute Gasteiger partial charge is 0.388 e. The predicted octanol–water partition coefficient (Wildman–Crippen LogP) is 4.33. The van der Waals surface area contributed by atoms with Crippen LogP contribution in [0, 0.1) is 17.6 Å². The fourth-order valence-electron chi connectivity index (χ4n) is 4.17. The normalized spacial score (nSPS) is 25.5. The number of rotatable bonds is 4. The zero-order valence-corrected chi connectivity index (χ0v) is 18.5. The maximum Gasteiger partial charge on any atom is 0.275 e. The van der Waals surface area contributed by atoms with Gasteiger partial charge in [-0.05, 0) is 55.4 Å². The van der Waals surface area contributed by atoms with Crippen molar-refractivity contribution in [3.8, 4) is 10.6 Å². The topological polar surface area (TPSA) is 101 Å². The number of hydrogen-bond donors (Lipinski definition) is 3. The van der Waals surface area contributed by atoms with Gasteiger partial charge in [0.05, 0.1) is 23.0 Å². The number of aromatic nitrogens is 2. The number of carbonyl (C=O) groups excluding carboxylic acids is 1. The van der Waals surface area contributed by atoms with Crippen LogP contribution < -0.4 is 11.1 Å². The minimum Gasteiger partial charge on any atom is -0.388 e. The molecule has 0 spiro atoms. The Morgan fingerprint density at radius 1 is 1.28 bits per heavy atom. The van der Waals surface area contributed by atoms with E-state index in [-0.39, 0.29) is 28.1 Å². The molecule has 4 rings (SSSR count). The fraction of sp³-hybridized carbons (Fsp3) is 0.348. The molecule has 1 amide bonds. The predicted molar refractivity (Wildman–Crippen MR) is 119 cm³/mol. The molecule has 6 nitrogen and oxygen atoms in total. The van der Waals surface area contributed by atoms with Crippen molar-refractivity contribution in [3.05, 3.63) is 64.9 Å². The van der Waals surface area contributed by atoms with Crippen LogP contribution in [-0.4, -0.2) is 32.6 Å². The quantitative estimate of drug-likeness (QED) is 0.540. The minimum atomic E-state index is -0.952. The second-order valence-electron chi connectivity index (χ2n) is 8.45. The Balaban J connectivity index is 1.56. The first-order valence-electron chi connectivity index (χ1n) is 10.3. The summed E-state index contributed by atoms with van der Waals surface area (Å²) >= 11 is 0.991. The van der Waals surface area contributed by atoms with E-state index in [1.165, 1.54) is 11.4 Å². The number of pyridine rings is 1. The maximum atomic E-state index is 14.1. The number of nitrogens with two attached hydrogens (primary N) is 1. The van der Waals surface area contributed by atoms with Crippen LogP contribution in [-0.2, 0) is 0 Å². The second kappa shape index (κ2) is 8.65. The molecule has 1 saturated carbocycles. The number of amides is 1. The number of halogens is 2. The monoisotopic (exact) mass is 458 g/mol. The molecule has 2 aromatic heterocycles. The summed E-state index contributed by atoms with van der Waals surface area (Å²) in [6.07, 6.45) is 4.48. The highest BCUT2D eigenvalue weighted by molar-refractivity contribution is 7.13. The van der Waals surface area contributed by atoms with Crippen LogP contribution >= 0.6 is 11.3 Å². The van der Waals surface area contributed by atoms with Crippen LogP contribution in [0.3, 0.4) is 0 Å². The molecule has 32 heavy (non-hydrogen) atoms. The average Bonchev–Trinajstić information content (AvgIpc) is 3.22. The molecule has 1 aromatic carbocycles. The van der Waals surface area contributed by atoms with E-state index >= 15 is 0 Å². The number of hydrogen-bond acceptors (Lipinski definition) is 6. The third kappa shape index (κ3) is 4.15. The summed E-state index contributed by atoms with van der Waals surface area (Å²) in [7, 11) is 0. The summed E-state index contributed by atoms with van der Waals surface area (Å²) in [6, 6.07) is 5.01. The molecule has 0 aliphatic heterocycles. The van der Waals surface area contributed by atoms with Crippen LogP contribution in [0.4, 0.5) is 14.5 Å². The summed E-state index contributed by atoms with van der Waals surface area (Å²) < 4.78 is 28.1. The number of anilines is 1. The van der Waals surface area contributed by atoms with Crippen molar-refractivity contribution in [2.24, 2.45) is 11.7 Å². The lowest BCUT2D eigenvalue weighted by Crippen LogP contribution is -2.54. The molecule has 4 N–H and O–H groups in total. The van der Waals surface area contributed by atoms with E-state index in [1.807, 2.05) is 13.0 Å². The van der Waals surface area contributed by atoms with Crippen LogP contribution in [0.15, 0.2) is 42.0 Å². The lowest BCUT2D eigenvalue weighted by Gasteiger charge is -2.44. The third-order valence-electron chi connectivity index (χ3n) is 6.38. The Bertz CT molecular complexity index is 1120. The minimum absolute atomic E-state index is 0.0234. The van der Waals surface area contributed by atoms with Gasteiger partial charge in [0.25, 0.3) is 5.91 Å². The number of aliphatic hydroxyl groups is 1.